The monoisotopic (exact) mass is 366 g/mol. The van der Waals surface area contributed by atoms with Gasteiger partial charge in [-0.1, -0.05) is 54.2 Å². The number of aromatic nitrogens is 2. The molecule has 0 unspecified atom stereocenters. The first-order valence-corrected chi connectivity index (χ1v) is 9.73. The molecule has 1 aliphatic carbocycles. The normalized spacial score (nSPS) is 13.0. The van der Waals surface area contributed by atoms with Crippen LogP contribution in [-0.4, -0.2) is 9.55 Å². The maximum Gasteiger partial charge on any atom is 0.257 e. The fourth-order valence-corrected chi connectivity index (χ4v) is 4.22. The van der Waals surface area contributed by atoms with E-state index in [0.29, 0.717) is 6.54 Å². The van der Waals surface area contributed by atoms with E-state index in [4.69, 9.17) is 4.98 Å². The summed E-state index contributed by atoms with van der Waals surface area (Å²) in [5.74, 6) is 0.488. The van der Waals surface area contributed by atoms with Crippen molar-refractivity contribution in [1.29, 1.82) is 0 Å². The van der Waals surface area contributed by atoms with Gasteiger partial charge < -0.3 is 0 Å². The highest BCUT2D eigenvalue weighted by molar-refractivity contribution is 7.98. The van der Waals surface area contributed by atoms with E-state index >= 15 is 0 Å². The molecule has 26 heavy (non-hydrogen) atoms. The van der Waals surface area contributed by atoms with Crippen LogP contribution in [0.25, 0.3) is 0 Å². The molecule has 3 aromatic rings. The van der Waals surface area contributed by atoms with Crippen LogP contribution in [0.2, 0.25) is 0 Å². The Bertz CT molecular complexity index is 968. The Morgan fingerprint density at radius 3 is 2.54 bits per heavy atom. The average Bonchev–Trinajstić information content (AvgIpc) is 3.14. The maximum absolute atomic E-state index is 13.2. The fraction of sp³-hybridized carbons (Fsp3) is 0.238. The van der Waals surface area contributed by atoms with Gasteiger partial charge in [-0.25, -0.2) is 9.37 Å². The maximum atomic E-state index is 13.2. The Kier molecular flexibility index (Phi) is 4.89. The largest absolute Gasteiger partial charge is 0.283 e. The first kappa shape index (κ1) is 17.0. The predicted molar refractivity (Wildman–Crippen MR) is 102 cm³/mol. The van der Waals surface area contributed by atoms with Gasteiger partial charge in [0.25, 0.3) is 5.56 Å². The van der Waals surface area contributed by atoms with Gasteiger partial charge in [0, 0.05) is 11.3 Å². The molecule has 0 spiro atoms. The molecule has 2 aromatic carbocycles. The number of hydrogen-bond donors (Lipinski definition) is 0. The van der Waals surface area contributed by atoms with E-state index in [1.807, 2.05) is 18.2 Å². The lowest BCUT2D eigenvalue weighted by Crippen LogP contribution is -2.27. The molecule has 1 aromatic heterocycles. The van der Waals surface area contributed by atoms with Crippen LogP contribution < -0.4 is 5.56 Å². The van der Waals surface area contributed by atoms with E-state index in [9.17, 15) is 9.18 Å². The summed E-state index contributed by atoms with van der Waals surface area (Å²) in [5.41, 5.74) is 3.93. The molecule has 0 bridgehead atoms. The third-order valence-electron chi connectivity index (χ3n) is 4.62. The standard InChI is InChI=1S/C21H19FN2OS/c22-17-11-9-15(10-12-17)13-24-20(25)18-7-4-8-19(18)23-21(24)26-14-16-5-2-1-3-6-16/h1-3,5-6,9-12H,4,7-8,13-14H2. The zero-order chi connectivity index (χ0) is 17.9. The minimum Gasteiger partial charge on any atom is -0.283 e. The van der Waals surface area contributed by atoms with Crippen molar-refractivity contribution in [3.63, 3.8) is 0 Å². The lowest BCUT2D eigenvalue weighted by molar-refractivity contribution is 0.617. The number of nitrogens with zero attached hydrogens (tertiary/aromatic N) is 2. The quantitative estimate of drug-likeness (QED) is 0.501. The highest BCUT2D eigenvalue weighted by Crippen LogP contribution is 2.25. The molecular formula is C21H19FN2OS. The number of rotatable bonds is 5. The Hall–Kier alpha value is -2.40. The van der Waals surface area contributed by atoms with Crippen LogP contribution in [0.1, 0.15) is 28.8 Å². The molecule has 0 fully saturated rings. The number of hydrogen-bond acceptors (Lipinski definition) is 3. The molecule has 0 saturated carbocycles. The summed E-state index contributed by atoms with van der Waals surface area (Å²) in [6.07, 6.45) is 2.66. The van der Waals surface area contributed by atoms with E-state index in [0.717, 1.165) is 47.0 Å². The predicted octanol–water partition coefficient (Wildman–Crippen LogP) is 4.21. The third kappa shape index (κ3) is 3.58. The molecule has 1 heterocycles. The molecular weight excluding hydrogens is 347 g/mol. The molecule has 0 aliphatic heterocycles. The molecule has 0 amide bonds. The summed E-state index contributed by atoms with van der Waals surface area (Å²) >= 11 is 1.58. The van der Waals surface area contributed by atoms with Gasteiger partial charge >= 0.3 is 0 Å². The van der Waals surface area contributed by atoms with Gasteiger partial charge in [0.1, 0.15) is 5.82 Å². The minimum atomic E-state index is -0.271. The van der Waals surface area contributed by atoms with Crippen molar-refractivity contribution in [1.82, 2.24) is 9.55 Å². The number of aryl methyl sites for hydroxylation is 1. The fourth-order valence-electron chi connectivity index (χ4n) is 3.25. The molecule has 0 atom stereocenters. The Labute approximate surface area is 155 Å². The summed E-state index contributed by atoms with van der Waals surface area (Å²) in [6, 6.07) is 16.5. The second-order valence-electron chi connectivity index (χ2n) is 6.47. The van der Waals surface area contributed by atoms with Crippen molar-refractivity contribution in [2.24, 2.45) is 0 Å². The lowest BCUT2D eigenvalue weighted by atomic mass is 10.2. The molecule has 0 N–H and O–H groups in total. The Balaban J connectivity index is 1.68. The topological polar surface area (TPSA) is 34.9 Å². The number of thioether (sulfide) groups is 1. The molecule has 0 saturated heterocycles. The van der Waals surface area contributed by atoms with Gasteiger partial charge in [-0.15, -0.1) is 0 Å². The van der Waals surface area contributed by atoms with Crippen molar-refractivity contribution >= 4 is 11.8 Å². The zero-order valence-electron chi connectivity index (χ0n) is 14.3. The van der Waals surface area contributed by atoms with Crippen LogP contribution in [-0.2, 0) is 25.1 Å². The molecule has 132 valence electrons. The van der Waals surface area contributed by atoms with Crippen molar-refractivity contribution < 1.29 is 4.39 Å². The number of fused-ring (bicyclic) bond motifs is 1. The summed E-state index contributed by atoms with van der Waals surface area (Å²) in [5, 5.41) is 0.740. The van der Waals surface area contributed by atoms with Gasteiger partial charge in [-0.3, -0.25) is 9.36 Å². The number of benzene rings is 2. The lowest BCUT2D eigenvalue weighted by Gasteiger charge is -2.14. The van der Waals surface area contributed by atoms with Crippen LogP contribution in [0, 0.1) is 5.82 Å². The summed E-state index contributed by atoms with van der Waals surface area (Å²) < 4.78 is 14.9. The second kappa shape index (κ2) is 7.46. The molecule has 3 nitrogen and oxygen atoms in total. The summed E-state index contributed by atoms with van der Waals surface area (Å²) in [7, 11) is 0. The Morgan fingerprint density at radius 2 is 1.77 bits per heavy atom. The van der Waals surface area contributed by atoms with Gasteiger partial charge in [0.05, 0.1) is 12.2 Å². The van der Waals surface area contributed by atoms with E-state index < -0.39 is 0 Å². The van der Waals surface area contributed by atoms with Crippen LogP contribution in [0.15, 0.2) is 64.5 Å². The van der Waals surface area contributed by atoms with Crippen LogP contribution in [0.4, 0.5) is 4.39 Å². The van der Waals surface area contributed by atoms with Gasteiger partial charge in [-0.2, -0.15) is 0 Å². The van der Waals surface area contributed by atoms with Gasteiger partial charge in [0.15, 0.2) is 5.16 Å². The summed E-state index contributed by atoms with van der Waals surface area (Å²) in [6.45, 7) is 0.413. The smallest absolute Gasteiger partial charge is 0.257 e. The van der Waals surface area contributed by atoms with E-state index in [1.165, 1.54) is 17.7 Å². The van der Waals surface area contributed by atoms with Crippen molar-refractivity contribution in [2.45, 2.75) is 36.7 Å². The van der Waals surface area contributed by atoms with Crippen molar-refractivity contribution in [2.75, 3.05) is 0 Å². The molecule has 5 heteroatoms. The van der Waals surface area contributed by atoms with Crippen molar-refractivity contribution in [3.8, 4) is 0 Å². The van der Waals surface area contributed by atoms with Crippen LogP contribution in [0.5, 0.6) is 0 Å². The van der Waals surface area contributed by atoms with E-state index in [2.05, 4.69) is 12.1 Å². The van der Waals surface area contributed by atoms with Crippen LogP contribution >= 0.6 is 11.8 Å². The number of halogens is 1. The molecule has 4 rings (SSSR count). The first-order valence-electron chi connectivity index (χ1n) is 8.74. The van der Waals surface area contributed by atoms with Gasteiger partial charge in [0.2, 0.25) is 0 Å². The summed E-state index contributed by atoms with van der Waals surface area (Å²) in [4.78, 5) is 17.8. The zero-order valence-corrected chi connectivity index (χ0v) is 15.1. The highest BCUT2D eigenvalue weighted by atomic mass is 32.2. The van der Waals surface area contributed by atoms with Crippen molar-refractivity contribution in [3.05, 3.63) is 93.2 Å². The SMILES string of the molecule is O=c1c2c(nc(SCc3ccccc3)n1Cc1ccc(F)cc1)CCC2. The van der Waals surface area contributed by atoms with E-state index in [1.54, 1.807) is 28.5 Å². The molecule has 1 aliphatic rings. The minimum absolute atomic E-state index is 0.0485. The first-order chi connectivity index (χ1) is 12.7. The second-order valence-corrected chi connectivity index (χ2v) is 7.41. The Morgan fingerprint density at radius 1 is 1.00 bits per heavy atom. The highest BCUT2D eigenvalue weighted by Gasteiger charge is 2.21. The van der Waals surface area contributed by atoms with E-state index in [-0.39, 0.29) is 11.4 Å². The average molecular weight is 366 g/mol. The molecule has 0 radical (unpaired) electrons. The third-order valence-corrected chi connectivity index (χ3v) is 5.67. The van der Waals surface area contributed by atoms with Gasteiger partial charge in [-0.05, 0) is 42.5 Å². The van der Waals surface area contributed by atoms with Crippen LogP contribution in [0.3, 0.4) is 0 Å².